The third kappa shape index (κ3) is 4.00. The molecule has 2 N–H and O–H groups in total. The van der Waals surface area contributed by atoms with E-state index in [1.165, 1.54) is 45.6 Å². The van der Waals surface area contributed by atoms with Gasteiger partial charge < -0.3 is 20.1 Å². The van der Waals surface area contributed by atoms with Crippen molar-refractivity contribution in [2.75, 3.05) is 7.11 Å². The maximum absolute atomic E-state index is 12.9. The summed E-state index contributed by atoms with van der Waals surface area (Å²) in [5.41, 5.74) is -0.221. The minimum absolute atomic E-state index is 0.0568. The van der Waals surface area contributed by atoms with Crippen LogP contribution in [0.1, 0.15) is 62.9 Å². The van der Waals surface area contributed by atoms with Gasteiger partial charge in [-0.2, -0.15) is 0 Å². The highest BCUT2D eigenvalue weighted by Gasteiger charge is 2.51. The van der Waals surface area contributed by atoms with Gasteiger partial charge in [0.1, 0.15) is 6.04 Å². The fourth-order valence-electron chi connectivity index (χ4n) is 5.96. The molecule has 4 aliphatic carbocycles. The number of carbonyl (C=O) groups is 3. The summed E-state index contributed by atoms with van der Waals surface area (Å²) in [6, 6.07) is 0.752. The van der Waals surface area contributed by atoms with Gasteiger partial charge in [0.25, 0.3) is 5.91 Å². The van der Waals surface area contributed by atoms with Gasteiger partial charge in [-0.05, 0) is 63.2 Å². The molecular formula is C22H29N3O5. The molecule has 0 aromatic carbocycles. The van der Waals surface area contributed by atoms with Crippen molar-refractivity contribution in [3.8, 4) is 11.5 Å². The van der Waals surface area contributed by atoms with Gasteiger partial charge in [-0.25, -0.2) is 4.98 Å². The second-order valence-corrected chi connectivity index (χ2v) is 9.17. The number of hydrogen-bond acceptors (Lipinski definition) is 6. The van der Waals surface area contributed by atoms with Crippen molar-refractivity contribution < 1.29 is 23.9 Å². The minimum atomic E-state index is -0.747. The van der Waals surface area contributed by atoms with Crippen molar-refractivity contribution >= 4 is 17.8 Å². The number of methoxy groups -OCH3 is 1. The fraction of sp³-hybridized carbons (Fsp3) is 0.636. The number of hydrogen-bond donors (Lipinski definition) is 2. The first kappa shape index (κ1) is 20.6. The third-order valence-corrected chi connectivity index (χ3v) is 6.72. The zero-order chi connectivity index (χ0) is 21.5. The van der Waals surface area contributed by atoms with Crippen LogP contribution in [0.25, 0.3) is 0 Å². The molecule has 8 heteroatoms. The predicted octanol–water partition coefficient (Wildman–Crippen LogP) is 2.22. The van der Waals surface area contributed by atoms with Gasteiger partial charge in [0, 0.05) is 24.7 Å². The summed E-state index contributed by atoms with van der Waals surface area (Å²) in [7, 11) is 1.41. The van der Waals surface area contributed by atoms with E-state index in [2.05, 4.69) is 15.6 Å². The minimum Gasteiger partial charge on any atom is -0.493 e. The lowest BCUT2D eigenvalue weighted by atomic mass is 9.53. The summed E-state index contributed by atoms with van der Waals surface area (Å²) in [5.74, 6) is 0.925. The summed E-state index contributed by atoms with van der Waals surface area (Å²) >= 11 is 0. The zero-order valence-electron chi connectivity index (χ0n) is 17.7. The normalized spacial score (nSPS) is 29.8. The number of amides is 2. The Labute approximate surface area is 176 Å². The lowest BCUT2D eigenvalue weighted by molar-refractivity contribution is -0.132. The molecule has 4 aliphatic rings. The molecule has 0 radical (unpaired) electrons. The molecule has 8 nitrogen and oxygen atoms in total. The van der Waals surface area contributed by atoms with Crippen molar-refractivity contribution in [2.24, 2.45) is 17.8 Å². The molecule has 1 aromatic rings. The van der Waals surface area contributed by atoms with E-state index in [1.807, 2.05) is 0 Å². The Balaban J connectivity index is 1.44. The summed E-state index contributed by atoms with van der Waals surface area (Å²) in [6.45, 7) is 2.88. The molecular weight excluding hydrogens is 386 g/mol. The Morgan fingerprint density at radius 2 is 1.73 bits per heavy atom. The van der Waals surface area contributed by atoms with E-state index in [0.29, 0.717) is 17.8 Å². The Bertz CT molecular complexity index is 833. The van der Waals surface area contributed by atoms with Crippen molar-refractivity contribution in [2.45, 2.75) is 64.0 Å². The molecule has 5 rings (SSSR count). The molecule has 0 aliphatic heterocycles. The van der Waals surface area contributed by atoms with Gasteiger partial charge in [-0.1, -0.05) is 0 Å². The molecule has 4 saturated carbocycles. The number of nitrogens with zero attached hydrogens (tertiary/aromatic N) is 1. The van der Waals surface area contributed by atoms with Gasteiger partial charge in [-0.15, -0.1) is 0 Å². The number of carbonyl (C=O) groups excluding carboxylic acids is 3. The largest absolute Gasteiger partial charge is 0.493 e. The van der Waals surface area contributed by atoms with E-state index in [0.717, 1.165) is 19.3 Å². The molecule has 1 atom stereocenters. The highest BCUT2D eigenvalue weighted by Crippen LogP contribution is 2.55. The van der Waals surface area contributed by atoms with Crippen LogP contribution in [-0.4, -0.2) is 41.5 Å². The van der Waals surface area contributed by atoms with Crippen molar-refractivity contribution in [1.29, 1.82) is 0 Å². The van der Waals surface area contributed by atoms with Crippen LogP contribution in [0.2, 0.25) is 0 Å². The topological polar surface area (TPSA) is 107 Å². The van der Waals surface area contributed by atoms with E-state index in [-0.39, 0.29) is 28.6 Å². The average molecular weight is 415 g/mol. The van der Waals surface area contributed by atoms with Crippen LogP contribution in [0.15, 0.2) is 12.3 Å². The number of aromatic nitrogens is 1. The van der Waals surface area contributed by atoms with Crippen LogP contribution < -0.4 is 20.1 Å². The molecule has 4 bridgehead atoms. The summed E-state index contributed by atoms with van der Waals surface area (Å²) < 4.78 is 10.3. The molecule has 162 valence electrons. The van der Waals surface area contributed by atoms with E-state index >= 15 is 0 Å². The van der Waals surface area contributed by atoms with E-state index in [4.69, 9.17) is 9.47 Å². The van der Waals surface area contributed by atoms with Crippen LogP contribution in [0, 0.1) is 17.8 Å². The number of esters is 1. The van der Waals surface area contributed by atoms with Gasteiger partial charge in [-0.3, -0.25) is 14.4 Å². The first-order chi connectivity index (χ1) is 14.3. The second kappa shape index (κ2) is 7.89. The van der Waals surface area contributed by atoms with Crippen LogP contribution in [0.4, 0.5) is 0 Å². The molecule has 2 amide bonds. The summed E-state index contributed by atoms with van der Waals surface area (Å²) in [5, 5.41) is 5.95. The van der Waals surface area contributed by atoms with Gasteiger partial charge in [0.15, 0.2) is 11.4 Å². The SMILES string of the molecule is COc1ccnc(C(=O)N[C@@H](C)C(=O)NC23CC4CC(CC(C4)C2)C3)c1OC(C)=O. The van der Waals surface area contributed by atoms with Crippen LogP contribution in [0.5, 0.6) is 11.5 Å². The quantitative estimate of drug-likeness (QED) is 0.690. The Morgan fingerprint density at radius 1 is 1.13 bits per heavy atom. The summed E-state index contributed by atoms with van der Waals surface area (Å²) in [6.07, 6.45) is 8.39. The van der Waals surface area contributed by atoms with Gasteiger partial charge in [0.05, 0.1) is 7.11 Å². The Kier molecular flexibility index (Phi) is 5.42. The maximum atomic E-state index is 12.9. The number of pyridine rings is 1. The van der Waals surface area contributed by atoms with Crippen LogP contribution in [-0.2, 0) is 9.59 Å². The molecule has 0 saturated heterocycles. The Morgan fingerprint density at radius 3 is 2.27 bits per heavy atom. The van der Waals surface area contributed by atoms with Gasteiger partial charge >= 0.3 is 5.97 Å². The standard InChI is InChI=1S/C22H29N3O5/c1-12(20(27)25-22-9-14-6-15(10-22)8-16(7-14)11-22)24-21(28)18-19(30-13(2)26)17(29-3)4-5-23-18/h4-5,12,14-16H,6-11H2,1-3H3,(H,24,28)(H,25,27)/t12-,14?,15?,16?,22?/m0/s1. The second-order valence-electron chi connectivity index (χ2n) is 9.17. The molecule has 1 heterocycles. The average Bonchev–Trinajstić information content (AvgIpc) is 2.66. The first-order valence-electron chi connectivity index (χ1n) is 10.6. The molecule has 4 fully saturated rings. The van der Waals surface area contributed by atoms with Crippen molar-refractivity contribution in [3.63, 3.8) is 0 Å². The first-order valence-corrected chi connectivity index (χ1v) is 10.6. The lowest BCUT2D eigenvalue weighted by Gasteiger charge is -2.57. The number of rotatable bonds is 6. The van der Waals surface area contributed by atoms with Crippen molar-refractivity contribution in [1.82, 2.24) is 15.6 Å². The monoisotopic (exact) mass is 415 g/mol. The third-order valence-electron chi connectivity index (χ3n) is 6.72. The molecule has 0 unspecified atom stereocenters. The number of nitrogens with one attached hydrogen (secondary N) is 2. The molecule has 1 aromatic heterocycles. The van der Waals surface area contributed by atoms with Gasteiger partial charge in [0.2, 0.25) is 11.7 Å². The van der Waals surface area contributed by atoms with Crippen LogP contribution >= 0.6 is 0 Å². The highest BCUT2D eigenvalue weighted by molar-refractivity contribution is 5.99. The fourth-order valence-corrected chi connectivity index (χ4v) is 5.96. The Hall–Kier alpha value is -2.64. The zero-order valence-corrected chi connectivity index (χ0v) is 17.7. The lowest BCUT2D eigenvalue weighted by Crippen LogP contribution is -2.62. The van der Waals surface area contributed by atoms with Crippen LogP contribution in [0.3, 0.4) is 0 Å². The maximum Gasteiger partial charge on any atom is 0.308 e. The van der Waals surface area contributed by atoms with E-state index < -0.39 is 17.9 Å². The van der Waals surface area contributed by atoms with E-state index in [9.17, 15) is 14.4 Å². The highest BCUT2D eigenvalue weighted by atomic mass is 16.6. The number of ether oxygens (including phenoxy) is 2. The summed E-state index contributed by atoms with van der Waals surface area (Å²) in [4.78, 5) is 41.2. The smallest absolute Gasteiger partial charge is 0.308 e. The predicted molar refractivity (Wildman–Crippen MR) is 108 cm³/mol. The van der Waals surface area contributed by atoms with Crippen molar-refractivity contribution in [3.05, 3.63) is 18.0 Å². The van der Waals surface area contributed by atoms with E-state index in [1.54, 1.807) is 6.92 Å². The molecule has 0 spiro atoms. The molecule has 30 heavy (non-hydrogen) atoms.